The van der Waals surface area contributed by atoms with Crippen molar-refractivity contribution in [3.8, 4) is 0 Å². The van der Waals surface area contributed by atoms with Gasteiger partial charge in [-0.1, -0.05) is 0 Å². The number of carboxylic acids is 1. The summed E-state index contributed by atoms with van der Waals surface area (Å²) in [5.41, 5.74) is 0. The van der Waals surface area contributed by atoms with Crippen LogP contribution in [0.4, 0.5) is 5.82 Å². The first kappa shape index (κ1) is 8.25. The Hall–Kier alpha value is -1.85. The molecule has 0 aliphatic rings. The van der Waals surface area contributed by atoms with Crippen molar-refractivity contribution in [1.82, 2.24) is 9.97 Å². The van der Waals surface area contributed by atoms with Crippen molar-refractivity contribution in [3.05, 3.63) is 18.1 Å². The molecule has 0 spiro atoms. The third kappa shape index (κ3) is 1.82. The molecule has 0 saturated carbocycles. The molecule has 0 fully saturated rings. The Labute approximate surface area is 68.0 Å². The zero-order chi connectivity index (χ0) is 8.97. The van der Waals surface area contributed by atoms with Gasteiger partial charge < -0.3 is 5.11 Å². The first-order valence-electron chi connectivity index (χ1n) is 3.10. The second-order valence-electron chi connectivity index (χ2n) is 1.84. The predicted octanol–water partition coefficient (Wildman–Crippen LogP) is 0.888. The second kappa shape index (κ2) is 3.51. The molecule has 0 bridgehead atoms. The minimum Gasteiger partial charge on any atom is -0.475 e. The van der Waals surface area contributed by atoms with Gasteiger partial charge in [0.1, 0.15) is 0 Å². The molecular formula is C6H6N4O2. The molecule has 6 nitrogen and oxygen atoms in total. The van der Waals surface area contributed by atoms with E-state index in [4.69, 9.17) is 5.11 Å². The molecule has 0 aromatic carbocycles. The lowest BCUT2D eigenvalue weighted by molar-refractivity contribution is 0.0683. The molecule has 0 aliphatic carbocycles. The van der Waals surface area contributed by atoms with Gasteiger partial charge in [-0.15, -0.1) is 5.11 Å². The van der Waals surface area contributed by atoms with Crippen LogP contribution in [0.3, 0.4) is 0 Å². The van der Waals surface area contributed by atoms with Gasteiger partial charge in [0.15, 0.2) is 5.82 Å². The van der Waals surface area contributed by atoms with Crippen molar-refractivity contribution in [2.45, 2.75) is 0 Å². The smallest absolute Gasteiger partial charge is 0.374 e. The van der Waals surface area contributed by atoms with E-state index in [0.29, 0.717) is 0 Å². The number of hydrogen-bond donors (Lipinski definition) is 1. The topological polar surface area (TPSA) is 87.8 Å². The molecule has 1 heterocycles. The van der Waals surface area contributed by atoms with Gasteiger partial charge in [0.05, 0.1) is 0 Å². The van der Waals surface area contributed by atoms with E-state index >= 15 is 0 Å². The van der Waals surface area contributed by atoms with Crippen molar-refractivity contribution in [1.29, 1.82) is 0 Å². The van der Waals surface area contributed by atoms with Crippen LogP contribution in [-0.4, -0.2) is 28.1 Å². The van der Waals surface area contributed by atoms with Crippen LogP contribution in [0.5, 0.6) is 0 Å². The maximum Gasteiger partial charge on any atom is 0.374 e. The Morgan fingerprint density at radius 2 is 2.42 bits per heavy atom. The fourth-order valence-electron chi connectivity index (χ4n) is 0.610. The second-order valence-corrected chi connectivity index (χ2v) is 1.84. The van der Waals surface area contributed by atoms with Gasteiger partial charge in [-0.25, -0.2) is 14.8 Å². The first-order valence-corrected chi connectivity index (χ1v) is 3.10. The number of aromatic carboxylic acids is 1. The molecule has 0 saturated heterocycles. The summed E-state index contributed by atoms with van der Waals surface area (Å²) >= 11 is 0. The largest absolute Gasteiger partial charge is 0.475 e. The van der Waals surface area contributed by atoms with Gasteiger partial charge in [-0.05, 0) is 0 Å². The molecule has 0 amide bonds. The van der Waals surface area contributed by atoms with Crippen LogP contribution in [0.1, 0.15) is 10.6 Å². The summed E-state index contributed by atoms with van der Waals surface area (Å²) in [6, 6.07) is 1.47. The molecule has 1 aromatic rings. The van der Waals surface area contributed by atoms with Crippen molar-refractivity contribution in [2.75, 3.05) is 7.05 Å². The van der Waals surface area contributed by atoms with E-state index < -0.39 is 5.97 Å². The van der Waals surface area contributed by atoms with E-state index in [0.717, 1.165) is 0 Å². The van der Waals surface area contributed by atoms with Gasteiger partial charge in [-0.3, -0.25) is 0 Å². The van der Waals surface area contributed by atoms with E-state index in [9.17, 15) is 4.79 Å². The first-order chi connectivity index (χ1) is 5.74. The van der Waals surface area contributed by atoms with Crippen LogP contribution < -0.4 is 0 Å². The van der Waals surface area contributed by atoms with Crippen LogP contribution in [0.15, 0.2) is 22.5 Å². The fourth-order valence-corrected chi connectivity index (χ4v) is 0.610. The van der Waals surface area contributed by atoms with Crippen LogP contribution in [0.2, 0.25) is 0 Å². The monoisotopic (exact) mass is 166 g/mol. The van der Waals surface area contributed by atoms with Crippen molar-refractivity contribution in [2.24, 2.45) is 10.2 Å². The molecule has 1 rings (SSSR count). The summed E-state index contributed by atoms with van der Waals surface area (Å²) in [6.07, 6.45) is 1.32. The van der Waals surface area contributed by atoms with E-state index in [2.05, 4.69) is 20.2 Å². The summed E-state index contributed by atoms with van der Waals surface area (Å²) < 4.78 is 0. The van der Waals surface area contributed by atoms with E-state index in [-0.39, 0.29) is 11.6 Å². The molecular weight excluding hydrogens is 160 g/mol. The molecule has 0 radical (unpaired) electrons. The Morgan fingerprint density at radius 3 is 3.00 bits per heavy atom. The van der Waals surface area contributed by atoms with Gasteiger partial charge >= 0.3 is 5.97 Å². The number of hydrogen-bond acceptors (Lipinski definition) is 5. The fraction of sp³-hybridized carbons (Fsp3) is 0.167. The van der Waals surface area contributed by atoms with Gasteiger partial charge in [0.2, 0.25) is 5.82 Å². The standard InChI is InChI=1S/C6H6N4O2/c1-7-10-4-2-3-8-5(9-4)6(11)12/h2-3H,1H3,(H,11,12). The van der Waals surface area contributed by atoms with Crippen LogP contribution in [0.25, 0.3) is 0 Å². The lowest BCUT2D eigenvalue weighted by Gasteiger charge is -1.92. The maximum absolute atomic E-state index is 10.4. The minimum absolute atomic E-state index is 0.241. The number of carboxylic acid groups (broad SMARTS) is 1. The number of aromatic nitrogens is 2. The predicted molar refractivity (Wildman–Crippen MR) is 39.4 cm³/mol. The maximum atomic E-state index is 10.4. The number of azo groups is 1. The summed E-state index contributed by atoms with van der Waals surface area (Å²) in [5, 5.41) is 15.5. The molecule has 1 N–H and O–H groups in total. The summed E-state index contributed by atoms with van der Waals surface area (Å²) in [5.74, 6) is -1.21. The van der Waals surface area contributed by atoms with Crippen LogP contribution in [-0.2, 0) is 0 Å². The zero-order valence-electron chi connectivity index (χ0n) is 6.30. The molecule has 1 aromatic heterocycles. The SMILES string of the molecule is CN=Nc1ccnc(C(=O)O)n1. The highest BCUT2D eigenvalue weighted by atomic mass is 16.4. The van der Waals surface area contributed by atoms with E-state index in [1.54, 1.807) is 0 Å². The van der Waals surface area contributed by atoms with Crippen molar-refractivity contribution in [3.63, 3.8) is 0 Å². The minimum atomic E-state index is -1.18. The Bertz CT molecular complexity index is 323. The third-order valence-electron chi connectivity index (χ3n) is 1.03. The molecule has 0 aliphatic heterocycles. The average molecular weight is 166 g/mol. The van der Waals surface area contributed by atoms with Gasteiger partial charge in [0, 0.05) is 19.3 Å². The van der Waals surface area contributed by atoms with Crippen molar-refractivity contribution >= 4 is 11.8 Å². The number of nitrogens with zero attached hydrogens (tertiary/aromatic N) is 4. The Balaban J connectivity index is 3.03. The molecule has 6 heteroatoms. The molecule has 62 valence electrons. The summed E-state index contributed by atoms with van der Waals surface area (Å²) in [4.78, 5) is 17.5. The normalized spacial score (nSPS) is 10.4. The van der Waals surface area contributed by atoms with E-state index in [1.807, 2.05) is 0 Å². The summed E-state index contributed by atoms with van der Waals surface area (Å²) in [6.45, 7) is 0. The zero-order valence-corrected chi connectivity index (χ0v) is 6.30. The number of rotatable bonds is 2. The lowest BCUT2D eigenvalue weighted by atomic mass is 10.5. The quantitative estimate of drug-likeness (QED) is 0.660. The third-order valence-corrected chi connectivity index (χ3v) is 1.03. The molecule has 12 heavy (non-hydrogen) atoms. The van der Waals surface area contributed by atoms with Crippen LogP contribution >= 0.6 is 0 Å². The highest BCUT2D eigenvalue weighted by molar-refractivity contribution is 5.83. The van der Waals surface area contributed by atoms with Gasteiger partial charge in [0.25, 0.3) is 0 Å². The van der Waals surface area contributed by atoms with E-state index in [1.165, 1.54) is 19.3 Å². The molecule has 0 unspecified atom stereocenters. The molecule has 0 atom stereocenters. The highest BCUT2D eigenvalue weighted by Gasteiger charge is 2.05. The summed E-state index contributed by atoms with van der Waals surface area (Å²) in [7, 11) is 1.47. The Morgan fingerprint density at radius 1 is 1.67 bits per heavy atom. The highest BCUT2D eigenvalue weighted by Crippen LogP contribution is 2.05. The Kier molecular flexibility index (Phi) is 2.42. The van der Waals surface area contributed by atoms with Crippen molar-refractivity contribution < 1.29 is 9.90 Å². The van der Waals surface area contributed by atoms with Gasteiger partial charge in [-0.2, -0.15) is 5.11 Å². The lowest BCUT2D eigenvalue weighted by Crippen LogP contribution is -2.02. The average Bonchev–Trinajstić information content (AvgIpc) is 2.05. The number of carbonyl (C=O) groups is 1. The van der Waals surface area contributed by atoms with Crippen LogP contribution in [0, 0.1) is 0 Å².